The number of hydrogen-bond donors (Lipinski definition) is 2. The average Bonchev–Trinajstić information content (AvgIpc) is 2.95. The first-order chi connectivity index (χ1) is 12.4. The molecule has 0 saturated heterocycles. The number of allylic oxidation sites excluding steroid dienone is 3. The second-order valence-electron chi connectivity index (χ2n) is 9.44. The summed E-state index contributed by atoms with van der Waals surface area (Å²) in [5.74, 6) is 2.43. The molecule has 26 heavy (non-hydrogen) atoms. The lowest BCUT2D eigenvalue weighted by Crippen LogP contribution is -2.36. The zero-order chi connectivity index (χ0) is 18.9. The van der Waals surface area contributed by atoms with Gasteiger partial charge >= 0.3 is 0 Å². The van der Waals surface area contributed by atoms with Gasteiger partial charge in [0.05, 0.1) is 12.2 Å². The first-order valence-electron chi connectivity index (χ1n) is 10.8. The van der Waals surface area contributed by atoms with Crippen molar-refractivity contribution >= 4 is 0 Å². The van der Waals surface area contributed by atoms with E-state index in [1.165, 1.54) is 44.9 Å². The average molecular weight is 359 g/mol. The molecule has 0 aromatic carbocycles. The normalized spacial score (nSPS) is 42.3. The van der Waals surface area contributed by atoms with Gasteiger partial charge in [0.1, 0.15) is 0 Å². The Labute approximate surface area is 160 Å². The molecule has 3 aliphatic rings. The topological polar surface area (TPSA) is 40.5 Å². The van der Waals surface area contributed by atoms with Gasteiger partial charge in [0, 0.05) is 0 Å². The van der Waals surface area contributed by atoms with E-state index in [1.807, 2.05) is 0 Å². The van der Waals surface area contributed by atoms with Crippen molar-refractivity contribution in [2.75, 3.05) is 0 Å². The Bertz CT molecular complexity index is 571. The highest BCUT2D eigenvalue weighted by molar-refractivity contribution is 5.29. The van der Waals surface area contributed by atoms with E-state index in [1.54, 1.807) is 5.57 Å². The number of fused-ring (bicyclic) bond motifs is 1. The van der Waals surface area contributed by atoms with Gasteiger partial charge in [-0.1, -0.05) is 63.5 Å². The summed E-state index contributed by atoms with van der Waals surface area (Å²) in [5, 5.41) is 20.1. The van der Waals surface area contributed by atoms with Crippen LogP contribution in [0.1, 0.15) is 78.6 Å². The molecule has 0 radical (unpaired) electrons. The van der Waals surface area contributed by atoms with Crippen LogP contribution in [0.2, 0.25) is 0 Å². The lowest BCUT2D eigenvalue weighted by molar-refractivity contribution is 0.0940. The summed E-state index contributed by atoms with van der Waals surface area (Å²) in [6.07, 6.45) is 13.9. The molecule has 2 heteroatoms. The van der Waals surface area contributed by atoms with E-state index < -0.39 is 12.2 Å². The van der Waals surface area contributed by atoms with E-state index in [4.69, 9.17) is 0 Å². The van der Waals surface area contributed by atoms with Crippen LogP contribution >= 0.6 is 0 Å². The molecule has 3 unspecified atom stereocenters. The quantitative estimate of drug-likeness (QED) is 0.646. The van der Waals surface area contributed by atoms with Gasteiger partial charge in [-0.3, -0.25) is 0 Å². The number of aliphatic hydroxyl groups excluding tert-OH is 2. The summed E-state index contributed by atoms with van der Waals surface area (Å²) in [6, 6.07) is 0. The molecule has 0 aromatic heterocycles. The third kappa shape index (κ3) is 3.73. The Morgan fingerprint density at radius 2 is 1.88 bits per heavy atom. The molecule has 146 valence electrons. The lowest BCUT2D eigenvalue weighted by atomic mass is 9.61. The Hall–Kier alpha value is -0.860. The minimum absolute atomic E-state index is 0.469. The smallest absolute Gasteiger partial charge is 0.0809 e. The molecule has 3 rings (SSSR count). The van der Waals surface area contributed by atoms with Gasteiger partial charge in [0.25, 0.3) is 0 Å². The van der Waals surface area contributed by atoms with E-state index in [0.29, 0.717) is 23.8 Å². The molecule has 0 spiro atoms. The van der Waals surface area contributed by atoms with Crippen LogP contribution < -0.4 is 0 Å². The predicted molar refractivity (Wildman–Crippen MR) is 109 cm³/mol. The molecule has 0 heterocycles. The van der Waals surface area contributed by atoms with E-state index in [2.05, 4.69) is 39.5 Å². The molecule has 2 nitrogen and oxygen atoms in total. The minimum atomic E-state index is -0.592. The molecule has 0 aliphatic heterocycles. The van der Waals surface area contributed by atoms with Gasteiger partial charge in [-0.25, -0.2) is 0 Å². The van der Waals surface area contributed by atoms with Crippen LogP contribution in [0.5, 0.6) is 0 Å². The van der Waals surface area contributed by atoms with Crippen LogP contribution in [-0.2, 0) is 0 Å². The summed E-state index contributed by atoms with van der Waals surface area (Å²) >= 11 is 0. The van der Waals surface area contributed by atoms with Gasteiger partial charge in [0.15, 0.2) is 0 Å². The van der Waals surface area contributed by atoms with Crippen molar-refractivity contribution in [3.8, 4) is 0 Å². The van der Waals surface area contributed by atoms with E-state index >= 15 is 0 Å². The maximum atomic E-state index is 10.1. The van der Waals surface area contributed by atoms with Gasteiger partial charge in [-0.2, -0.15) is 0 Å². The molecule has 0 bridgehead atoms. The number of aliphatic hydroxyl groups is 2. The van der Waals surface area contributed by atoms with Gasteiger partial charge < -0.3 is 10.2 Å². The molecular formula is C24H38O2. The monoisotopic (exact) mass is 358 g/mol. The summed E-state index contributed by atoms with van der Waals surface area (Å²) < 4.78 is 0. The number of rotatable bonds is 4. The zero-order valence-corrected chi connectivity index (χ0v) is 17.0. The van der Waals surface area contributed by atoms with Crippen molar-refractivity contribution in [2.24, 2.45) is 23.2 Å². The van der Waals surface area contributed by atoms with Crippen molar-refractivity contribution in [1.82, 2.24) is 0 Å². The standard InChI is InChI=1S/C24H38O2/c1-5-7-16(2)20-11-12-21-19(8-6-13-24(20,21)4)10-9-18-14-22(25)17(3)23(26)15-18/h9-10,16,20-23,25-26H,3,5-8,11-15H2,1-2,4H3/b18-9?,19-10+/t16-,20?,21?,22+,23?,24+/m0/s1. The highest BCUT2D eigenvalue weighted by Gasteiger charge is 2.50. The third-order valence-electron chi connectivity index (χ3n) is 7.77. The largest absolute Gasteiger partial charge is 0.388 e. The Kier molecular flexibility index (Phi) is 6.14. The second kappa shape index (κ2) is 8.02. The van der Waals surface area contributed by atoms with E-state index in [9.17, 15) is 10.2 Å². The van der Waals surface area contributed by atoms with Crippen molar-refractivity contribution < 1.29 is 10.2 Å². The highest BCUT2D eigenvalue weighted by Crippen LogP contribution is 2.59. The van der Waals surface area contributed by atoms with Gasteiger partial charge in [-0.05, 0) is 73.7 Å². The summed E-state index contributed by atoms with van der Waals surface area (Å²) in [7, 11) is 0. The van der Waals surface area contributed by atoms with Gasteiger partial charge in [0.2, 0.25) is 0 Å². The Morgan fingerprint density at radius 3 is 2.54 bits per heavy atom. The fourth-order valence-corrected chi connectivity index (χ4v) is 6.30. The van der Waals surface area contributed by atoms with Crippen molar-refractivity contribution in [3.05, 3.63) is 35.5 Å². The van der Waals surface area contributed by atoms with Crippen LogP contribution in [-0.4, -0.2) is 22.4 Å². The first kappa shape index (κ1) is 19.9. The van der Waals surface area contributed by atoms with Crippen LogP contribution in [0.25, 0.3) is 0 Å². The SMILES string of the molecule is C=C1C(O)CC(=C/C=C2\CCC[C@@]3(C)C2CCC3[C@@H](C)CCC)C[C@H]1O. The molecular weight excluding hydrogens is 320 g/mol. The van der Waals surface area contributed by atoms with Crippen molar-refractivity contribution in [2.45, 2.75) is 90.8 Å². The maximum Gasteiger partial charge on any atom is 0.0809 e. The molecule has 6 atom stereocenters. The molecule has 3 saturated carbocycles. The molecule has 3 aliphatic carbocycles. The van der Waals surface area contributed by atoms with E-state index in [0.717, 1.165) is 23.3 Å². The molecule has 2 N–H and O–H groups in total. The molecule has 3 fully saturated rings. The fraction of sp³-hybridized carbons (Fsp3) is 0.750. The van der Waals surface area contributed by atoms with Crippen molar-refractivity contribution in [1.29, 1.82) is 0 Å². The predicted octanol–water partition coefficient (Wildman–Crippen LogP) is 5.56. The fourth-order valence-electron chi connectivity index (χ4n) is 6.30. The minimum Gasteiger partial charge on any atom is -0.388 e. The summed E-state index contributed by atoms with van der Waals surface area (Å²) in [5.41, 5.74) is 3.82. The maximum absolute atomic E-state index is 10.1. The van der Waals surface area contributed by atoms with Crippen LogP contribution in [0, 0.1) is 23.2 Å². The van der Waals surface area contributed by atoms with Crippen LogP contribution in [0.15, 0.2) is 35.5 Å². The Balaban J connectivity index is 1.76. The highest BCUT2D eigenvalue weighted by atomic mass is 16.3. The third-order valence-corrected chi connectivity index (χ3v) is 7.77. The summed E-state index contributed by atoms with van der Waals surface area (Å²) in [6.45, 7) is 11.1. The van der Waals surface area contributed by atoms with Crippen molar-refractivity contribution in [3.63, 3.8) is 0 Å². The molecule has 0 amide bonds. The summed E-state index contributed by atoms with van der Waals surface area (Å²) in [4.78, 5) is 0. The second-order valence-corrected chi connectivity index (χ2v) is 9.44. The lowest BCUT2D eigenvalue weighted by Gasteiger charge is -2.44. The van der Waals surface area contributed by atoms with Crippen LogP contribution in [0.4, 0.5) is 0 Å². The van der Waals surface area contributed by atoms with Crippen LogP contribution in [0.3, 0.4) is 0 Å². The van der Waals surface area contributed by atoms with Gasteiger partial charge in [-0.15, -0.1) is 0 Å². The zero-order valence-electron chi connectivity index (χ0n) is 17.0. The molecule has 0 aromatic rings. The number of hydrogen-bond acceptors (Lipinski definition) is 2. The Morgan fingerprint density at radius 1 is 1.19 bits per heavy atom. The first-order valence-corrected chi connectivity index (χ1v) is 10.8. The van der Waals surface area contributed by atoms with E-state index in [-0.39, 0.29) is 0 Å².